The van der Waals surface area contributed by atoms with Crippen LogP contribution < -0.4 is 10.1 Å². The Bertz CT molecular complexity index is 1020. The number of nitrogens with zero attached hydrogens (tertiary/aromatic N) is 3. The number of thioether (sulfide) groups is 1. The van der Waals surface area contributed by atoms with Crippen molar-refractivity contribution in [2.45, 2.75) is 11.7 Å². The fourth-order valence-corrected chi connectivity index (χ4v) is 3.47. The number of halogens is 2. The predicted octanol–water partition coefficient (Wildman–Crippen LogP) is 4.66. The van der Waals surface area contributed by atoms with E-state index in [1.54, 1.807) is 13.2 Å². The van der Waals surface area contributed by atoms with Crippen molar-refractivity contribution in [1.29, 1.82) is 0 Å². The zero-order valence-electron chi connectivity index (χ0n) is 15.6. The molecular weight excluding hydrogens is 415 g/mol. The molecule has 0 saturated heterocycles. The lowest BCUT2D eigenvalue weighted by Crippen LogP contribution is -2.15. The van der Waals surface area contributed by atoms with Crippen LogP contribution in [-0.2, 0) is 11.3 Å². The minimum absolute atomic E-state index is 0.0316. The summed E-state index contributed by atoms with van der Waals surface area (Å²) < 4.78 is 20.8. The molecule has 1 heterocycles. The maximum Gasteiger partial charge on any atom is 0.234 e. The molecule has 0 aliphatic carbocycles. The third kappa shape index (κ3) is 5.16. The van der Waals surface area contributed by atoms with Gasteiger partial charge < -0.3 is 10.1 Å². The number of aromatic nitrogens is 3. The van der Waals surface area contributed by atoms with E-state index in [1.807, 2.05) is 28.8 Å². The Balaban J connectivity index is 1.73. The molecule has 0 saturated carbocycles. The van der Waals surface area contributed by atoms with Crippen LogP contribution in [-0.4, -0.2) is 33.5 Å². The van der Waals surface area contributed by atoms with Crippen LogP contribution >= 0.6 is 23.4 Å². The Morgan fingerprint density at radius 2 is 2.07 bits per heavy atom. The SMILES string of the molecule is C=CCn1c(SCC(=O)Nc2cc(Cl)ccc2F)nnc1-c1ccc(OC)cc1. The molecule has 1 N–H and O–H groups in total. The van der Waals surface area contributed by atoms with E-state index in [4.69, 9.17) is 16.3 Å². The third-order valence-corrected chi connectivity index (χ3v) is 5.11. The van der Waals surface area contributed by atoms with E-state index >= 15 is 0 Å². The Morgan fingerprint density at radius 3 is 2.76 bits per heavy atom. The number of amides is 1. The average molecular weight is 433 g/mol. The summed E-state index contributed by atoms with van der Waals surface area (Å²) in [4.78, 5) is 12.2. The predicted molar refractivity (Wildman–Crippen MR) is 113 cm³/mol. The number of hydrogen-bond donors (Lipinski definition) is 1. The van der Waals surface area contributed by atoms with E-state index in [0.29, 0.717) is 22.5 Å². The molecule has 0 bridgehead atoms. The van der Waals surface area contributed by atoms with E-state index < -0.39 is 5.82 Å². The number of methoxy groups -OCH3 is 1. The van der Waals surface area contributed by atoms with E-state index in [0.717, 1.165) is 11.3 Å². The maximum atomic E-state index is 13.8. The van der Waals surface area contributed by atoms with Crippen LogP contribution in [0.2, 0.25) is 5.02 Å². The van der Waals surface area contributed by atoms with Gasteiger partial charge in [0.1, 0.15) is 11.6 Å². The lowest BCUT2D eigenvalue weighted by atomic mass is 10.2. The molecule has 9 heteroatoms. The minimum Gasteiger partial charge on any atom is -0.497 e. The normalized spacial score (nSPS) is 10.6. The molecule has 2 aromatic carbocycles. The number of anilines is 1. The number of nitrogens with one attached hydrogen (secondary N) is 1. The Labute approximate surface area is 176 Å². The molecule has 0 atom stereocenters. The lowest BCUT2D eigenvalue weighted by Gasteiger charge is -2.09. The van der Waals surface area contributed by atoms with Crippen LogP contribution in [0.4, 0.5) is 10.1 Å². The van der Waals surface area contributed by atoms with Crippen molar-refractivity contribution in [2.24, 2.45) is 0 Å². The van der Waals surface area contributed by atoms with Gasteiger partial charge in [0.05, 0.1) is 18.6 Å². The number of ether oxygens (including phenoxy) is 1. The number of benzene rings is 2. The number of rotatable bonds is 8. The molecule has 0 spiro atoms. The van der Waals surface area contributed by atoms with Crippen LogP contribution in [0.3, 0.4) is 0 Å². The number of carbonyl (C=O) groups is 1. The summed E-state index contributed by atoms with van der Waals surface area (Å²) in [5.41, 5.74) is 0.895. The van der Waals surface area contributed by atoms with Crippen LogP contribution in [0.25, 0.3) is 11.4 Å². The highest BCUT2D eigenvalue weighted by molar-refractivity contribution is 7.99. The smallest absolute Gasteiger partial charge is 0.234 e. The van der Waals surface area contributed by atoms with Crippen LogP contribution in [0, 0.1) is 5.82 Å². The van der Waals surface area contributed by atoms with Gasteiger partial charge in [-0.05, 0) is 42.5 Å². The van der Waals surface area contributed by atoms with Crippen molar-refractivity contribution in [1.82, 2.24) is 14.8 Å². The molecule has 1 amide bonds. The lowest BCUT2D eigenvalue weighted by molar-refractivity contribution is -0.113. The molecule has 6 nitrogen and oxygen atoms in total. The standard InChI is InChI=1S/C20H18ClFN4O2S/c1-3-10-26-19(13-4-7-15(28-2)8-5-13)24-25-20(26)29-12-18(27)23-17-11-14(21)6-9-16(17)22/h3-9,11H,1,10,12H2,2H3,(H,23,27). The topological polar surface area (TPSA) is 69.0 Å². The zero-order valence-corrected chi connectivity index (χ0v) is 17.1. The quantitative estimate of drug-likeness (QED) is 0.414. The third-order valence-electron chi connectivity index (χ3n) is 3.91. The molecule has 3 rings (SSSR count). The molecule has 0 aliphatic heterocycles. The van der Waals surface area contributed by atoms with Gasteiger partial charge in [-0.3, -0.25) is 9.36 Å². The van der Waals surface area contributed by atoms with Gasteiger partial charge in [-0.25, -0.2) is 4.39 Å². The van der Waals surface area contributed by atoms with Gasteiger partial charge in [-0.2, -0.15) is 0 Å². The molecule has 0 aliphatic rings. The fraction of sp³-hybridized carbons (Fsp3) is 0.150. The first-order valence-electron chi connectivity index (χ1n) is 8.58. The van der Waals surface area contributed by atoms with Crippen LogP contribution in [0.5, 0.6) is 5.75 Å². The summed E-state index contributed by atoms with van der Waals surface area (Å²) in [7, 11) is 1.60. The number of carbonyl (C=O) groups excluding carboxylic acids is 1. The summed E-state index contributed by atoms with van der Waals surface area (Å²) >= 11 is 7.04. The summed E-state index contributed by atoms with van der Waals surface area (Å²) in [5.74, 6) is 0.489. The zero-order chi connectivity index (χ0) is 20.8. The van der Waals surface area contributed by atoms with Gasteiger partial charge in [0.15, 0.2) is 11.0 Å². The van der Waals surface area contributed by atoms with E-state index in [9.17, 15) is 9.18 Å². The average Bonchev–Trinajstić information content (AvgIpc) is 3.12. The first-order chi connectivity index (χ1) is 14.0. The summed E-state index contributed by atoms with van der Waals surface area (Å²) in [5, 5.41) is 11.8. The van der Waals surface area contributed by atoms with Crippen molar-refractivity contribution >= 4 is 35.0 Å². The second-order valence-electron chi connectivity index (χ2n) is 5.89. The molecular formula is C20H18ClFN4O2S. The molecule has 0 unspecified atom stereocenters. The van der Waals surface area contributed by atoms with E-state index in [1.165, 1.54) is 30.0 Å². The van der Waals surface area contributed by atoms with Gasteiger partial charge in [0, 0.05) is 17.1 Å². The van der Waals surface area contributed by atoms with Gasteiger partial charge in [-0.15, -0.1) is 16.8 Å². The molecule has 150 valence electrons. The van der Waals surface area contributed by atoms with E-state index in [2.05, 4.69) is 22.1 Å². The summed E-state index contributed by atoms with van der Waals surface area (Å²) in [6, 6.07) is 11.4. The Kier molecular flexibility index (Phi) is 6.90. The fourth-order valence-electron chi connectivity index (χ4n) is 2.55. The molecule has 3 aromatic rings. The van der Waals surface area contributed by atoms with Crippen molar-refractivity contribution in [3.05, 3.63) is 66.0 Å². The highest BCUT2D eigenvalue weighted by atomic mass is 35.5. The first-order valence-corrected chi connectivity index (χ1v) is 9.94. The monoisotopic (exact) mass is 432 g/mol. The number of allylic oxidation sites excluding steroid dienone is 1. The van der Waals surface area contributed by atoms with Gasteiger partial charge >= 0.3 is 0 Å². The highest BCUT2D eigenvalue weighted by Gasteiger charge is 2.16. The van der Waals surface area contributed by atoms with Crippen molar-refractivity contribution in [2.75, 3.05) is 18.2 Å². The second-order valence-corrected chi connectivity index (χ2v) is 7.27. The van der Waals surface area contributed by atoms with Gasteiger partial charge in [0.2, 0.25) is 5.91 Å². The first kappa shape index (κ1) is 20.9. The van der Waals surface area contributed by atoms with E-state index in [-0.39, 0.29) is 17.3 Å². The van der Waals surface area contributed by atoms with Crippen molar-refractivity contribution < 1.29 is 13.9 Å². The Morgan fingerprint density at radius 1 is 1.31 bits per heavy atom. The molecule has 0 radical (unpaired) electrons. The molecule has 0 fully saturated rings. The number of hydrogen-bond acceptors (Lipinski definition) is 5. The van der Waals surface area contributed by atoms with Gasteiger partial charge in [-0.1, -0.05) is 29.4 Å². The largest absolute Gasteiger partial charge is 0.497 e. The summed E-state index contributed by atoms with van der Waals surface area (Å²) in [6.07, 6.45) is 1.72. The highest BCUT2D eigenvalue weighted by Crippen LogP contribution is 2.26. The second kappa shape index (κ2) is 9.58. The van der Waals surface area contributed by atoms with Crippen molar-refractivity contribution in [3.63, 3.8) is 0 Å². The van der Waals surface area contributed by atoms with Gasteiger partial charge in [0.25, 0.3) is 0 Å². The molecule has 1 aromatic heterocycles. The van der Waals surface area contributed by atoms with Crippen LogP contribution in [0.1, 0.15) is 0 Å². The Hall–Kier alpha value is -2.84. The van der Waals surface area contributed by atoms with Crippen LogP contribution in [0.15, 0.2) is 60.3 Å². The molecule has 29 heavy (non-hydrogen) atoms. The van der Waals surface area contributed by atoms with Crippen molar-refractivity contribution in [3.8, 4) is 17.1 Å². The maximum absolute atomic E-state index is 13.8. The minimum atomic E-state index is -0.552. The summed E-state index contributed by atoms with van der Waals surface area (Å²) in [6.45, 7) is 4.24.